The number of amides is 1. The zero-order valence-corrected chi connectivity index (χ0v) is 16.3. The largest absolute Gasteiger partial charge is 0.326 e. The van der Waals surface area contributed by atoms with Gasteiger partial charge in [-0.05, 0) is 48.7 Å². The Hall–Kier alpha value is -1.68. The number of benzene rings is 1. The molecule has 10 heteroatoms. The van der Waals surface area contributed by atoms with E-state index in [-0.39, 0.29) is 40.0 Å². The number of hydrogen-bond acceptors (Lipinski definition) is 5. The molecule has 1 saturated heterocycles. The summed E-state index contributed by atoms with van der Waals surface area (Å²) in [6.07, 6.45) is 0. The Kier molecular flexibility index (Phi) is 6.62. The Morgan fingerprint density at radius 3 is 2.65 bits per heavy atom. The van der Waals surface area contributed by atoms with Gasteiger partial charge in [-0.1, -0.05) is 13.0 Å². The van der Waals surface area contributed by atoms with Gasteiger partial charge in [-0.3, -0.25) is 9.52 Å². The highest BCUT2D eigenvalue weighted by Gasteiger charge is 2.28. The monoisotopic (exact) mass is 419 g/mol. The molecule has 0 aliphatic carbocycles. The zero-order valence-electron chi connectivity index (χ0n) is 13.9. The van der Waals surface area contributed by atoms with E-state index in [0.29, 0.717) is 5.69 Å². The van der Waals surface area contributed by atoms with Crippen molar-refractivity contribution in [2.75, 3.05) is 23.1 Å². The quantitative estimate of drug-likeness (QED) is 0.671. The van der Waals surface area contributed by atoms with Crippen LogP contribution in [0.4, 0.5) is 15.8 Å². The standard InChI is InChI=1S/C16H18FN3O3S2.ClH/c1-10(11-8-18-9-11)16(21)19-12-4-5-13(17)14(7-12)20-25(22,23)15-3-2-6-24-15;/h2-7,10-11,18,20H,8-9H2,1H3,(H,19,21);1H. The van der Waals surface area contributed by atoms with Crippen molar-refractivity contribution in [3.63, 3.8) is 0 Å². The van der Waals surface area contributed by atoms with Gasteiger partial charge in [0.25, 0.3) is 10.0 Å². The Morgan fingerprint density at radius 1 is 1.35 bits per heavy atom. The molecule has 1 aliphatic heterocycles. The Balaban J connectivity index is 0.00000243. The fourth-order valence-corrected chi connectivity index (χ4v) is 4.48. The molecule has 1 fully saturated rings. The van der Waals surface area contributed by atoms with E-state index in [1.54, 1.807) is 11.4 Å². The first-order valence-corrected chi connectivity index (χ1v) is 10.1. The molecule has 1 unspecified atom stereocenters. The van der Waals surface area contributed by atoms with Crippen LogP contribution in [-0.4, -0.2) is 27.4 Å². The summed E-state index contributed by atoms with van der Waals surface area (Å²) in [5, 5.41) is 7.45. The van der Waals surface area contributed by atoms with E-state index in [0.717, 1.165) is 30.5 Å². The minimum Gasteiger partial charge on any atom is -0.326 e. The van der Waals surface area contributed by atoms with E-state index in [1.807, 2.05) is 6.92 Å². The molecule has 1 atom stereocenters. The van der Waals surface area contributed by atoms with Gasteiger partial charge in [-0.2, -0.15) is 0 Å². The lowest BCUT2D eigenvalue weighted by Gasteiger charge is -2.31. The summed E-state index contributed by atoms with van der Waals surface area (Å²) in [4.78, 5) is 12.2. The molecule has 1 aromatic heterocycles. The van der Waals surface area contributed by atoms with E-state index in [1.165, 1.54) is 18.2 Å². The Bertz CT molecular complexity index is 871. The zero-order chi connectivity index (χ0) is 18.0. The summed E-state index contributed by atoms with van der Waals surface area (Å²) in [5.41, 5.74) is 0.138. The van der Waals surface area contributed by atoms with Gasteiger partial charge in [0.15, 0.2) is 0 Å². The first-order chi connectivity index (χ1) is 11.9. The third kappa shape index (κ3) is 4.53. The van der Waals surface area contributed by atoms with Crippen LogP contribution < -0.4 is 15.4 Å². The van der Waals surface area contributed by atoms with Crippen LogP contribution in [0.2, 0.25) is 0 Å². The van der Waals surface area contributed by atoms with Crippen molar-refractivity contribution in [3.05, 3.63) is 41.5 Å². The minimum absolute atomic E-state index is 0. The Morgan fingerprint density at radius 2 is 2.08 bits per heavy atom. The third-order valence-electron chi connectivity index (χ3n) is 4.17. The van der Waals surface area contributed by atoms with E-state index in [4.69, 9.17) is 0 Å². The van der Waals surface area contributed by atoms with Crippen molar-refractivity contribution < 1.29 is 17.6 Å². The molecule has 1 aromatic carbocycles. The van der Waals surface area contributed by atoms with E-state index in [2.05, 4.69) is 15.4 Å². The molecule has 0 bridgehead atoms. The molecule has 2 heterocycles. The lowest BCUT2D eigenvalue weighted by molar-refractivity contribution is -0.121. The van der Waals surface area contributed by atoms with Gasteiger partial charge in [-0.25, -0.2) is 12.8 Å². The summed E-state index contributed by atoms with van der Waals surface area (Å²) in [5.74, 6) is -0.797. The number of anilines is 2. The van der Waals surface area contributed by atoms with Crippen LogP contribution in [0.5, 0.6) is 0 Å². The number of hydrogen-bond donors (Lipinski definition) is 3. The maximum absolute atomic E-state index is 14.0. The molecular formula is C16H19ClFN3O3S2. The summed E-state index contributed by atoms with van der Waals surface area (Å²) in [6, 6.07) is 6.84. The number of thiophene rings is 1. The van der Waals surface area contributed by atoms with Crippen molar-refractivity contribution in [2.24, 2.45) is 11.8 Å². The van der Waals surface area contributed by atoms with Crippen LogP contribution >= 0.6 is 23.7 Å². The van der Waals surface area contributed by atoms with Crippen LogP contribution in [0.3, 0.4) is 0 Å². The maximum Gasteiger partial charge on any atom is 0.271 e. The number of nitrogens with one attached hydrogen (secondary N) is 3. The van der Waals surface area contributed by atoms with Crippen molar-refractivity contribution >= 4 is 51.0 Å². The van der Waals surface area contributed by atoms with Crippen molar-refractivity contribution in [1.29, 1.82) is 0 Å². The van der Waals surface area contributed by atoms with Crippen LogP contribution in [0.1, 0.15) is 6.92 Å². The Labute approximate surface area is 161 Å². The predicted octanol–water partition coefficient (Wildman–Crippen LogP) is 2.90. The molecular weight excluding hydrogens is 401 g/mol. The van der Waals surface area contributed by atoms with E-state index >= 15 is 0 Å². The average Bonchev–Trinajstić information content (AvgIpc) is 3.03. The third-order valence-corrected chi connectivity index (χ3v) is 6.93. The van der Waals surface area contributed by atoms with Crippen molar-refractivity contribution in [2.45, 2.75) is 11.1 Å². The topological polar surface area (TPSA) is 87.3 Å². The fourth-order valence-electron chi connectivity index (χ4n) is 2.43. The van der Waals surface area contributed by atoms with Gasteiger partial charge in [0.2, 0.25) is 5.91 Å². The predicted molar refractivity (Wildman–Crippen MR) is 103 cm³/mol. The highest BCUT2D eigenvalue weighted by molar-refractivity contribution is 7.94. The summed E-state index contributed by atoms with van der Waals surface area (Å²) in [6.45, 7) is 3.43. The van der Waals surface area contributed by atoms with Gasteiger partial charge in [0.1, 0.15) is 10.0 Å². The van der Waals surface area contributed by atoms with E-state index < -0.39 is 15.8 Å². The summed E-state index contributed by atoms with van der Waals surface area (Å²) < 4.78 is 40.8. The molecule has 3 rings (SSSR count). The van der Waals surface area contributed by atoms with Crippen LogP contribution in [0.25, 0.3) is 0 Å². The minimum atomic E-state index is -3.85. The summed E-state index contributed by atoms with van der Waals surface area (Å²) in [7, 11) is -3.85. The van der Waals surface area contributed by atoms with Crippen molar-refractivity contribution in [3.8, 4) is 0 Å². The fraction of sp³-hybridized carbons (Fsp3) is 0.312. The normalized spacial score (nSPS) is 15.5. The van der Waals surface area contributed by atoms with Crippen LogP contribution in [-0.2, 0) is 14.8 Å². The lowest BCUT2D eigenvalue weighted by atomic mass is 9.88. The molecule has 1 aliphatic rings. The maximum atomic E-state index is 14.0. The SMILES string of the molecule is CC(C(=O)Nc1ccc(F)c(NS(=O)(=O)c2cccs2)c1)C1CNC1.Cl. The average molecular weight is 420 g/mol. The van der Waals surface area contributed by atoms with Gasteiger partial charge in [0.05, 0.1) is 5.69 Å². The highest BCUT2D eigenvalue weighted by Crippen LogP contribution is 2.26. The number of carbonyl (C=O) groups is 1. The molecule has 3 N–H and O–H groups in total. The van der Waals surface area contributed by atoms with E-state index in [9.17, 15) is 17.6 Å². The molecule has 2 aromatic rings. The van der Waals surface area contributed by atoms with Crippen molar-refractivity contribution in [1.82, 2.24) is 5.32 Å². The number of carbonyl (C=O) groups excluding carboxylic acids is 1. The van der Waals surface area contributed by atoms with Gasteiger partial charge in [-0.15, -0.1) is 23.7 Å². The number of halogens is 2. The van der Waals surface area contributed by atoms with Crippen LogP contribution in [0.15, 0.2) is 39.9 Å². The smallest absolute Gasteiger partial charge is 0.271 e. The second-order valence-electron chi connectivity index (χ2n) is 5.93. The van der Waals surface area contributed by atoms with Gasteiger partial charge in [0, 0.05) is 11.6 Å². The molecule has 0 saturated carbocycles. The first kappa shape index (κ1) is 20.6. The summed E-state index contributed by atoms with van der Waals surface area (Å²) >= 11 is 1.04. The molecule has 0 radical (unpaired) electrons. The molecule has 6 nitrogen and oxygen atoms in total. The number of rotatable bonds is 6. The molecule has 1 amide bonds. The highest BCUT2D eigenvalue weighted by atomic mass is 35.5. The second-order valence-corrected chi connectivity index (χ2v) is 8.79. The molecule has 26 heavy (non-hydrogen) atoms. The molecule has 142 valence electrons. The lowest BCUT2D eigenvalue weighted by Crippen LogP contribution is -2.48. The molecule has 0 spiro atoms. The van der Waals surface area contributed by atoms with Gasteiger partial charge >= 0.3 is 0 Å². The first-order valence-electron chi connectivity index (χ1n) is 7.74. The van der Waals surface area contributed by atoms with Gasteiger partial charge < -0.3 is 10.6 Å². The second kappa shape index (κ2) is 8.34. The number of sulfonamides is 1. The van der Waals surface area contributed by atoms with Crippen LogP contribution in [0, 0.1) is 17.7 Å².